The largest absolute Gasteiger partial charge is 0.376 e. The van der Waals surface area contributed by atoms with Crippen molar-refractivity contribution in [3.63, 3.8) is 0 Å². The van der Waals surface area contributed by atoms with Crippen LogP contribution in [0.4, 0.5) is 5.69 Å². The number of hydrogen-bond acceptors (Lipinski definition) is 6. The van der Waals surface area contributed by atoms with Gasteiger partial charge in [0, 0.05) is 20.2 Å². The number of nitrogens with zero attached hydrogens (tertiary/aromatic N) is 5. The Morgan fingerprint density at radius 3 is 2.75 bits per heavy atom. The first kappa shape index (κ1) is 12.7. The van der Waals surface area contributed by atoms with Gasteiger partial charge >= 0.3 is 0 Å². The van der Waals surface area contributed by atoms with Crippen LogP contribution in [-0.2, 0) is 6.54 Å². The number of anilines is 1. The minimum Gasteiger partial charge on any atom is -0.376 e. The number of benzene rings is 1. The Kier molecular flexibility index (Phi) is 3.19. The third-order valence-electron chi connectivity index (χ3n) is 3.02. The maximum atomic E-state index is 12.0. The zero-order valence-corrected chi connectivity index (χ0v) is 12.0. The van der Waals surface area contributed by atoms with Crippen molar-refractivity contribution in [1.29, 1.82) is 0 Å². The summed E-state index contributed by atoms with van der Waals surface area (Å²) in [6.07, 6.45) is 1.68. The van der Waals surface area contributed by atoms with Crippen molar-refractivity contribution in [3.05, 3.63) is 46.4 Å². The SMILES string of the molecule is CN(C)c1cnn(Cc2ccc3nsnc3c2)c(=O)c1. The maximum Gasteiger partial charge on any atom is 0.269 e. The van der Waals surface area contributed by atoms with Gasteiger partial charge in [0.15, 0.2) is 0 Å². The number of fused-ring (bicyclic) bond motifs is 1. The van der Waals surface area contributed by atoms with Gasteiger partial charge in [-0.25, -0.2) is 4.68 Å². The van der Waals surface area contributed by atoms with E-state index in [-0.39, 0.29) is 5.56 Å². The van der Waals surface area contributed by atoms with Crippen LogP contribution < -0.4 is 10.5 Å². The monoisotopic (exact) mass is 287 g/mol. The predicted molar refractivity (Wildman–Crippen MR) is 79.3 cm³/mol. The third-order valence-corrected chi connectivity index (χ3v) is 3.58. The molecule has 0 bridgehead atoms. The highest BCUT2D eigenvalue weighted by Gasteiger charge is 2.05. The molecule has 0 aliphatic heterocycles. The van der Waals surface area contributed by atoms with Crippen LogP contribution in [0.25, 0.3) is 11.0 Å². The van der Waals surface area contributed by atoms with E-state index in [2.05, 4.69) is 13.8 Å². The minimum atomic E-state index is -0.118. The quantitative estimate of drug-likeness (QED) is 0.728. The summed E-state index contributed by atoms with van der Waals surface area (Å²) in [5.41, 5.74) is 3.39. The molecule has 0 N–H and O–H groups in total. The Bertz CT molecular complexity index is 808. The second kappa shape index (κ2) is 5.01. The Balaban J connectivity index is 1.92. The molecule has 0 saturated heterocycles. The molecule has 7 heteroatoms. The molecule has 0 saturated carbocycles. The highest BCUT2D eigenvalue weighted by atomic mass is 32.1. The van der Waals surface area contributed by atoms with Crippen molar-refractivity contribution >= 4 is 28.4 Å². The fourth-order valence-corrected chi connectivity index (χ4v) is 2.40. The van der Waals surface area contributed by atoms with E-state index in [1.165, 1.54) is 16.4 Å². The van der Waals surface area contributed by atoms with Crippen LogP contribution >= 0.6 is 11.7 Å². The van der Waals surface area contributed by atoms with Crippen LogP contribution in [0, 0.1) is 0 Å². The van der Waals surface area contributed by atoms with E-state index in [0.29, 0.717) is 6.54 Å². The maximum absolute atomic E-state index is 12.0. The van der Waals surface area contributed by atoms with Gasteiger partial charge in [0.1, 0.15) is 11.0 Å². The zero-order chi connectivity index (χ0) is 14.1. The molecule has 0 aliphatic rings. The first-order valence-corrected chi connectivity index (χ1v) is 6.82. The van der Waals surface area contributed by atoms with Gasteiger partial charge in [-0.15, -0.1) is 0 Å². The van der Waals surface area contributed by atoms with Gasteiger partial charge in [0.25, 0.3) is 5.56 Å². The lowest BCUT2D eigenvalue weighted by atomic mass is 10.2. The van der Waals surface area contributed by atoms with Gasteiger partial charge in [-0.3, -0.25) is 4.79 Å². The van der Waals surface area contributed by atoms with E-state index in [0.717, 1.165) is 22.3 Å². The summed E-state index contributed by atoms with van der Waals surface area (Å²) in [6, 6.07) is 7.37. The van der Waals surface area contributed by atoms with Crippen molar-refractivity contribution in [2.24, 2.45) is 0 Å². The third kappa shape index (κ3) is 2.39. The summed E-state index contributed by atoms with van der Waals surface area (Å²) < 4.78 is 9.79. The number of aromatic nitrogens is 4. The second-order valence-corrected chi connectivity index (χ2v) is 5.22. The van der Waals surface area contributed by atoms with Crippen molar-refractivity contribution in [2.75, 3.05) is 19.0 Å². The van der Waals surface area contributed by atoms with Crippen LogP contribution in [0.15, 0.2) is 35.3 Å². The molecule has 0 fully saturated rings. The van der Waals surface area contributed by atoms with Crippen LogP contribution in [0.2, 0.25) is 0 Å². The fraction of sp³-hybridized carbons (Fsp3) is 0.231. The molecular formula is C13H13N5OS. The summed E-state index contributed by atoms with van der Waals surface area (Å²) in [5, 5.41) is 4.19. The lowest BCUT2D eigenvalue weighted by Gasteiger charge is -2.12. The average Bonchev–Trinajstić information content (AvgIpc) is 2.88. The molecule has 0 spiro atoms. The summed E-state index contributed by atoms with van der Waals surface area (Å²) >= 11 is 1.19. The Labute approximate surface area is 119 Å². The summed E-state index contributed by atoms with van der Waals surface area (Å²) in [4.78, 5) is 13.9. The summed E-state index contributed by atoms with van der Waals surface area (Å²) in [7, 11) is 3.76. The lowest BCUT2D eigenvalue weighted by molar-refractivity contribution is 0.638. The fourth-order valence-electron chi connectivity index (χ4n) is 1.89. The molecular weight excluding hydrogens is 274 g/mol. The smallest absolute Gasteiger partial charge is 0.269 e. The first-order chi connectivity index (χ1) is 9.63. The Hall–Kier alpha value is -2.28. The summed E-state index contributed by atoms with van der Waals surface area (Å²) in [6.45, 7) is 0.431. The molecule has 0 unspecified atom stereocenters. The molecule has 0 aliphatic carbocycles. The van der Waals surface area contributed by atoms with E-state index in [1.807, 2.05) is 37.2 Å². The van der Waals surface area contributed by atoms with E-state index < -0.39 is 0 Å². The van der Waals surface area contributed by atoms with Crippen LogP contribution in [0.3, 0.4) is 0 Å². The molecule has 0 amide bonds. The molecule has 102 valence electrons. The molecule has 2 aromatic heterocycles. The summed E-state index contributed by atoms with van der Waals surface area (Å²) in [5.74, 6) is 0. The van der Waals surface area contributed by atoms with Gasteiger partial charge in [-0.1, -0.05) is 6.07 Å². The normalized spacial score (nSPS) is 10.9. The highest BCUT2D eigenvalue weighted by molar-refractivity contribution is 7.00. The van der Waals surface area contributed by atoms with Crippen LogP contribution in [0.1, 0.15) is 5.56 Å². The number of rotatable bonds is 3. The standard InChI is InChI=1S/C13H13N5OS/c1-17(2)10-6-13(19)18(14-7-10)8-9-3-4-11-12(5-9)16-20-15-11/h3-7H,8H2,1-2H3. The topological polar surface area (TPSA) is 63.9 Å². The number of hydrogen-bond donors (Lipinski definition) is 0. The van der Waals surface area contributed by atoms with E-state index in [1.54, 1.807) is 12.3 Å². The van der Waals surface area contributed by atoms with E-state index in [4.69, 9.17) is 0 Å². The molecule has 0 atom stereocenters. The van der Waals surface area contributed by atoms with Crippen molar-refractivity contribution in [1.82, 2.24) is 18.5 Å². The Morgan fingerprint density at radius 1 is 1.20 bits per heavy atom. The first-order valence-electron chi connectivity index (χ1n) is 6.09. The average molecular weight is 287 g/mol. The predicted octanol–water partition coefficient (Wildman–Crippen LogP) is 1.36. The zero-order valence-electron chi connectivity index (χ0n) is 11.1. The second-order valence-electron chi connectivity index (χ2n) is 4.69. The van der Waals surface area contributed by atoms with Gasteiger partial charge in [0.05, 0.1) is 30.2 Å². The van der Waals surface area contributed by atoms with Crippen molar-refractivity contribution in [3.8, 4) is 0 Å². The van der Waals surface area contributed by atoms with Crippen molar-refractivity contribution < 1.29 is 0 Å². The van der Waals surface area contributed by atoms with Crippen LogP contribution in [0.5, 0.6) is 0 Å². The lowest BCUT2D eigenvalue weighted by Crippen LogP contribution is -2.24. The molecule has 1 aromatic carbocycles. The van der Waals surface area contributed by atoms with Gasteiger partial charge in [-0.05, 0) is 17.7 Å². The van der Waals surface area contributed by atoms with Gasteiger partial charge in [0.2, 0.25) is 0 Å². The van der Waals surface area contributed by atoms with Crippen molar-refractivity contribution in [2.45, 2.75) is 6.54 Å². The minimum absolute atomic E-state index is 0.118. The van der Waals surface area contributed by atoms with E-state index >= 15 is 0 Å². The molecule has 20 heavy (non-hydrogen) atoms. The molecule has 3 rings (SSSR count). The molecule has 6 nitrogen and oxygen atoms in total. The molecule has 2 heterocycles. The van der Waals surface area contributed by atoms with Gasteiger partial charge < -0.3 is 4.90 Å². The molecule has 0 radical (unpaired) electrons. The van der Waals surface area contributed by atoms with Crippen LogP contribution in [-0.4, -0.2) is 32.6 Å². The van der Waals surface area contributed by atoms with E-state index in [9.17, 15) is 4.79 Å². The molecule has 3 aromatic rings. The highest BCUT2D eigenvalue weighted by Crippen LogP contribution is 2.14. The van der Waals surface area contributed by atoms with Gasteiger partial charge in [-0.2, -0.15) is 13.8 Å². The Morgan fingerprint density at radius 2 is 2.00 bits per heavy atom.